The molecule has 3 heteroatoms. The molecule has 2 nitrogen and oxygen atoms in total. The molecule has 0 spiro atoms. The summed E-state index contributed by atoms with van der Waals surface area (Å²) in [6.45, 7) is 4.36. The minimum atomic E-state index is -0.679. The highest BCUT2D eigenvalue weighted by molar-refractivity contribution is 7.84. The Kier molecular flexibility index (Phi) is 6.45. The van der Waals surface area contributed by atoms with Crippen molar-refractivity contribution in [2.75, 3.05) is 12.0 Å². The first-order valence-electron chi connectivity index (χ1n) is 6.18. The Labute approximate surface area is 107 Å². The molecular formula is C14H23NOS. The van der Waals surface area contributed by atoms with Crippen molar-refractivity contribution in [3.05, 3.63) is 35.9 Å². The highest BCUT2D eigenvalue weighted by Gasteiger charge is 2.08. The quantitative estimate of drug-likeness (QED) is 0.808. The zero-order valence-corrected chi connectivity index (χ0v) is 11.8. The Bertz CT molecular complexity index is 339. The van der Waals surface area contributed by atoms with E-state index < -0.39 is 10.8 Å². The van der Waals surface area contributed by atoms with Crippen LogP contribution >= 0.6 is 0 Å². The molecular weight excluding hydrogens is 230 g/mol. The van der Waals surface area contributed by atoms with Crippen LogP contribution < -0.4 is 5.32 Å². The van der Waals surface area contributed by atoms with Crippen molar-refractivity contribution in [2.24, 2.45) is 0 Å². The van der Waals surface area contributed by atoms with Gasteiger partial charge in [0.25, 0.3) is 0 Å². The molecule has 3 atom stereocenters. The average molecular weight is 253 g/mol. The fourth-order valence-corrected chi connectivity index (χ4v) is 2.62. The van der Waals surface area contributed by atoms with Crippen molar-refractivity contribution in [1.82, 2.24) is 5.32 Å². The van der Waals surface area contributed by atoms with Crippen LogP contribution in [0.4, 0.5) is 0 Å². The smallest absolute Gasteiger partial charge is 0.0246 e. The summed E-state index contributed by atoms with van der Waals surface area (Å²) < 4.78 is 11.0. The second kappa shape index (κ2) is 7.62. The first kappa shape index (κ1) is 14.4. The molecule has 0 aliphatic carbocycles. The molecule has 3 unspecified atom stereocenters. The molecule has 0 fully saturated rings. The van der Waals surface area contributed by atoms with E-state index in [0.29, 0.717) is 12.1 Å². The first-order valence-corrected chi connectivity index (χ1v) is 7.90. The van der Waals surface area contributed by atoms with Gasteiger partial charge in [-0.2, -0.15) is 0 Å². The second-order valence-corrected chi connectivity index (χ2v) is 6.28. The van der Waals surface area contributed by atoms with Crippen LogP contribution in [0.15, 0.2) is 30.3 Å². The van der Waals surface area contributed by atoms with E-state index in [2.05, 4.69) is 43.4 Å². The van der Waals surface area contributed by atoms with Gasteiger partial charge in [-0.25, -0.2) is 0 Å². The van der Waals surface area contributed by atoms with E-state index in [1.165, 1.54) is 5.56 Å². The van der Waals surface area contributed by atoms with Crippen LogP contribution in [0.2, 0.25) is 0 Å². The zero-order chi connectivity index (χ0) is 12.7. The van der Waals surface area contributed by atoms with Gasteiger partial charge in [-0.3, -0.25) is 4.21 Å². The molecule has 0 bridgehead atoms. The van der Waals surface area contributed by atoms with Crippen LogP contribution in [0, 0.1) is 0 Å². The first-order chi connectivity index (χ1) is 8.08. The molecule has 0 aromatic heterocycles. The van der Waals surface area contributed by atoms with Crippen molar-refractivity contribution in [3.63, 3.8) is 0 Å². The van der Waals surface area contributed by atoms with Gasteiger partial charge in [-0.15, -0.1) is 0 Å². The third-order valence-electron chi connectivity index (χ3n) is 2.79. The minimum absolute atomic E-state index is 0.428. The third kappa shape index (κ3) is 6.59. The van der Waals surface area contributed by atoms with Crippen LogP contribution in [0.3, 0.4) is 0 Å². The van der Waals surface area contributed by atoms with E-state index in [1.54, 1.807) is 6.26 Å². The number of hydrogen-bond acceptors (Lipinski definition) is 2. The number of hydrogen-bond donors (Lipinski definition) is 1. The number of nitrogens with one attached hydrogen (secondary N) is 1. The van der Waals surface area contributed by atoms with Crippen molar-refractivity contribution < 1.29 is 4.21 Å². The largest absolute Gasteiger partial charge is 0.311 e. The summed E-state index contributed by atoms with van der Waals surface area (Å²) in [7, 11) is -0.679. The Morgan fingerprint density at radius 2 is 1.82 bits per heavy atom. The molecule has 1 aromatic carbocycles. The summed E-state index contributed by atoms with van der Waals surface area (Å²) in [5, 5.41) is 3.55. The predicted octanol–water partition coefficient (Wildman–Crippen LogP) is 2.36. The summed E-state index contributed by atoms with van der Waals surface area (Å²) in [4.78, 5) is 0. The van der Waals surface area contributed by atoms with E-state index in [4.69, 9.17) is 0 Å². The summed E-state index contributed by atoms with van der Waals surface area (Å²) >= 11 is 0. The predicted molar refractivity (Wildman–Crippen MR) is 75.8 cm³/mol. The summed E-state index contributed by atoms with van der Waals surface area (Å²) in [6.07, 6.45) is 3.78. The summed E-state index contributed by atoms with van der Waals surface area (Å²) in [5.41, 5.74) is 1.36. The fraction of sp³-hybridized carbons (Fsp3) is 0.571. The van der Waals surface area contributed by atoms with Gasteiger partial charge in [0.1, 0.15) is 0 Å². The molecule has 0 radical (unpaired) electrons. The van der Waals surface area contributed by atoms with Crippen molar-refractivity contribution in [2.45, 2.75) is 38.8 Å². The maximum Gasteiger partial charge on any atom is 0.0246 e. The van der Waals surface area contributed by atoms with Crippen LogP contribution in [0.5, 0.6) is 0 Å². The third-order valence-corrected chi connectivity index (χ3v) is 3.60. The van der Waals surface area contributed by atoms with Crippen LogP contribution in [-0.2, 0) is 17.2 Å². The maximum absolute atomic E-state index is 11.0. The highest BCUT2D eigenvalue weighted by Crippen LogP contribution is 2.04. The molecule has 0 saturated heterocycles. The monoisotopic (exact) mass is 253 g/mol. The van der Waals surface area contributed by atoms with E-state index in [0.717, 1.165) is 18.6 Å². The Morgan fingerprint density at radius 1 is 1.18 bits per heavy atom. The second-order valence-electron chi connectivity index (χ2n) is 4.72. The van der Waals surface area contributed by atoms with Crippen molar-refractivity contribution >= 4 is 10.8 Å². The molecule has 0 aliphatic heterocycles. The van der Waals surface area contributed by atoms with Gasteiger partial charge in [0.2, 0.25) is 0 Å². The molecule has 0 amide bonds. The molecule has 1 N–H and O–H groups in total. The van der Waals surface area contributed by atoms with Crippen LogP contribution in [0.25, 0.3) is 0 Å². The molecule has 0 saturated carbocycles. The van der Waals surface area contributed by atoms with Gasteiger partial charge in [0, 0.05) is 34.9 Å². The Balaban J connectivity index is 2.29. The Morgan fingerprint density at radius 3 is 2.41 bits per heavy atom. The number of rotatable bonds is 7. The van der Waals surface area contributed by atoms with Gasteiger partial charge in [0.05, 0.1) is 0 Å². The summed E-state index contributed by atoms with van der Waals surface area (Å²) in [6, 6.07) is 11.4. The highest BCUT2D eigenvalue weighted by atomic mass is 32.2. The van der Waals surface area contributed by atoms with Gasteiger partial charge in [0.15, 0.2) is 0 Å². The lowest BCUT2D eigenvalue weighted by Gasteiger charge is -2.19. The molecule has 0 heterocycles. The average Bonchev–Trinajstić information content (AvgIpc) is 2.27. The van der Waals surface area contributed by atoms with Crippen LogP contribution in [-0.4, -0.2) is 28.3 Å². The zero-order valence-electron chi connectivity index (χ0n) is 11.0. The van der Waals surface area contributed by atoms with Crippen molar-refractivity contribution in [1.29, 1.82) is 0 Å². The minimum Gasteiger partial charge on any atom is -0.311 e. The van der Waals surface area contributed by atoms with Gasteiger partial charge >= 0.3 is 0 Å². The van der Waals surface area contributed by atoms with Gasteiger partial charge in [-0.1, -0.05) is 30.3 Å². The van der Waals surface area contributed by atoms with Gasteiger partial charge < -0.3 is 5.32 Å². The fourth-order valence-electron chi connectivity index (χ4n) is 1.94. The SMILES string of the molecule is CC(CCS(C)=O)NC(C)Cc1ccccc1. The number of benzene rings is 1. The Hall–Kier alpha value is -0.670. The maximum atomic E-state index is 11.0. The topological polar surface area (TPSA) is 29.1 Å². The van der Waals surface area contributed by atoms with E-state index in [-0.39, 0.29) is 0 Å². The molecule has 1 rings (SSSR count). The van der Waals surface area contributed by atoms with E-state index in [9.17, 15) is 4.21 Å². The normalized spacial score (nSPS) is 16.4. The van der Waals surface area contributed by atoms with Gasteiger partial charge in [-0.05, 0) is 32.3 Å². The van der Waals surface area contributed by atoms with E-state index >= 15 is 0 Å². The lowest BCUT2D eigenvalue weighted by molar-refractivity contribution is 0.456. The van der Waals surface area contributed by atoms with Crippen LogP contribution in [0.1, 0.15) is 25.8 Å². The van der Waals surface area contributed by atoms with E-state index in [1.807, 2.05) is 6.07 Å². The molecule has 17 heavy (non-hydrogen) atoms. The summed E-state index contributed by atoms with van der Waals surface area (Å²) in [5.74, 6) is 0.784. The van der Waals surface area contributed by atoms with Crippen molar-refractivity contribution in [3.8, 4) is 0 Å². The lowest BCUT2D eigenvalue weighted by atomic mass is 10.1. The standard InChI is InChI=1S/C14H23NOS/c1-12(9-10-17(3)16)15-13(2)11-14-7-5-4-6-8-14/h4-8,12-13,15H,9-11H2,1-3H3. The molecule has 96 valence electrons. The molecule has 0 aliphatic rings. The molecule has 1 aromatic rings. The lowest BCUT2D eigenvalue weighted by Crippen LogP contribution is -2.36.